The van der Waals surface area contributed by atoms with E-state index in [1.165, 1.54) is 18.7 Å². The normalized spacial score (nSPS) is 10.6. The topological polar surface area (TPSA) is 21.3 Å². The van der Waals surface area contributed by atoms with Gasteiger partial charge in [0.1, 0.15) is 11.6 Å². The van der Waals surface area contributed by atoms with Crippen LogP contribution >= 0.6 is 11.6 Å². The van der Waals surface area contributed by atoms with Crippen LogP contribution in [-0.2, 0) is 13.0 Å². The maximum absolute atomic E-state index is 13.7. The van der Waals surface area contributed by atoms with Gasteiger partial charge < -0.3 is 10.1 Å². The summed E-state index contributed by atoms with van der Waals surface area (Å²) in [6.45, 7) is 1.29. The standard InChI is InChI=1S/C16H17ClFNO/c1-20-15-7-4-13(16(18)10-15)11-19-9-8-12-2-5-14(17)6-3-12/h2-7,10,19H,8-9,11H2,1H3. The van der Waals surface area contributed by atoms with Gasteiger partial charge in [-0.05, 0) is 36.7 Å². The molecule has 0 saturated heterocycles. The van der Waals surface area contributed by atoms with E-state index < -0.39 is 0 Å². The second-order valence-electron chi connectivity index (χ2n) is 4.51. The van der Waals surface area contributed by atoms with Gasteiger partial charge in [0.05, 0.1) is 7.11 Å². The van der Waals surface area contributed by atoms with Gasteiger partial charge in [-0.15, -0.1) is 0 Å². The van der Waals surface area contributed by atoms with Gasteiger partial charge in [0.2, 0.25) is 0 Å². The lowest BCUT2D eigenvalue weighted by Crippen LogP contribution is -2.17. The van der Waals surface area contributed by atoms with E-state index in [1.807, 2.05) is 24.3 Å². The number of methoxy groups -OCH3 is 1. The monoisotopic (exact) mass is 293 g/mol. The first-order valence-corrected chi connectivity index (χ1v) is 6.84. The Balaban J connectivity index is 1.79. The Morgan fingerprint density at radius 3 is 2.55 bits per heavy atom. The van der Waals surface area contributed by atoms with E-state index in [4.69, 9.17) is 16.3 Å². The number of hydrogen-bond acceptors (Lipinski definition) is 2. The quantitative estimate of drug-likeness (QED) is 0.818. The zero-order valence-corrected chi connectivity index (χ0v) is 12.1. The van der Waals surface area contributed by atoms with Crippen molar-refractivity contribution in [2.75, 3.05) is 13.7 Å². The molecular weight excluding hydrogens is 277 g/mol. The van der Waals surface area contributed by atoms with Crippen LogP contribution in [0.4, 0.5) is 4.39 Å². The fraction of sp³-hybridized carbons (Fsp3) is 0.250. The molecule has 0 saturated carbocycles. The lowest BCUT2D eigenvalue weighted by Gasteiger charge is -2.07. The third kappa shape index (κ3) is 4.22. The van der Waals surface area contributed by atoms with Crippen LogP contribution in [0.25, 0.3) is 0 Å². The van der Waals surface area contributed by atoms with Gasteiger partial charge in [-0.1, -0.05) is 29.8 Å². The van der Waals surface area contributed by atoms with Crippen LogP contribution in [0.3, 0.4) is 0 Å². The molecule has 0 radical (unpaired) electrons. The van der Waals surface area contributed by atoms with Gasteiger partial charge in [0.25, 0.3) is 0 Å². The fourth-order valence-corrected chi connectivity index (χ4v) is 2.03. The molecule has 2 aromatic carbocycles. The number of nitrogens with one attached hydrogen (secondary N) is 1. The molecule has 0 aliphatic rings. The number of hydrogen-bond donors (Lipinski definition) is 1. The smallest absolute Gasteiger partial charge is 0.131 e. The third-order valence-electron chi connectivity index (χ3n) is 3.08. The Labute approximate surface area is 123 Å². The van der Waals surface area contributed by atoms with Crippen LogP contribution in [0.1, 0.15) is 11.1 Å². The Bertz CT molecular complexity index is 557. The highest BCUT2D eigenvalue weighted by atomic mass is 35.5. The summed E-state index contributed by atoms with van der Waals surface area (Å²) >= 11 is 5.83. The van der Waals surface area contributed by atoms with Gasteiger partial charge >= 0.3 is 0 Å². The molecule has 2 aromatic rings. The Morgan fingerprint density at radius 2 is 1.90 bits per heavy atom. The number of benzene rings is 2. The summed E-state index contributed by atoms with van der Waals surface area (Å²) in [5, 5.41) is 3.97. The number of halogens is 2. The zero-order chi connectivity index (χ0) is 14.4. The average molecular weight is 294 g/mol. The first kappa shape index (κ1) is 14.8. The van der Waals surface area contributed by atoms with Gasteiger partial charge in [0, 0.05) is 23.2 Å². The highest BCUT2D eigenvalue weighted by molar-refractivity contribution is 6.30. The van der Waals surface area contributed by atoms with Crippen molar-refractivity contribution in [2.24, 2.45) is 0 Å². The molecule has 0 aliphatic heterocycles. The predicted octanol–water partition coefficient (Wildman–Crippen LogP) is 3.82. The molecule has 2 rings (SSSR count). The van der Waals surface area contributed by atoms with Crippen molar-refractivity contribution < 1.29 is 9.13 Å². The van der Waals surface area contributed by atoms with E-state index >= 15 is 0 Å². The molecule has 4 heteroatoms. The minimum atomic E-state index is -0.247. The molecule has 0 bridgehead atoms. The summed E-state index contributed by atoms with van der Waals surface area (Å²) < 4.78 is 18.7. The molecule has 1 N–H and O–H groups in total. The van der Waals surface area contributed by atoms with Gasteiger partial charge in [0.15, 0.2) is 0 Å². The highest BCUT2D eigenvalue weighted by Crippen LogP contribution is 2.16. The summed E-state index contributed by atoms with van der Waals surface area (Å²) in [5.41, 5.74) is 1.85. The van der Waals surface area contributed by atoms with Crippen LogP contribution in [0.5, 0.6) is 5.75 Å². The van der Waals surface area contributed by atoms with Gasteiger partial charge in [-0.2, -0.15) is 0 Å². The molecule has 0 aromatic heterocycles. The van der Waals surface area contributed by atoms with Crippen molar-refractivity contribution in [1.82, 2.24) is 5.32 Å². The minimum Gasteiger partial charge on any atom is -0.497 e. The Kier molecular flexibility index (Phi) is 5.39. The molecule has 106 valence electrons. The highest BCUT2D eigenvalue weighted by Gasteiger charge is 2.03. The van der Waals surface area contributed by atoms with Crippen molar-refractivity contribution in [2.45, 2.75) is 13.0 Å². The molecule has 20 heavy (non-hydrogen) atoms. The second kappa shape index (κ2) is 7.27. The Hall–Kier alpha value is -1.58. The van der Waals surface area contributed by atoms with Crippen molar-refractivity contribution in [3.05, 3.63) is 64.4 Å². The first-order valence-electron chi connectivity index (χ1n) is 6.46. The summed E-state index contributed by atoms with van der Waals surface area (Å²) in [4.78, 5) is 0. The third-order valence-corrected chi connectivity index (χ3v) is 3.33. The lowest BCUT2D eigenvalue weighted by atomic mass is 10.1. The van der Waals surface area contributed by atoms with Crippen LogP contribution in [-0.4, -0.2) is 13.7 Å². The summed E-state index contributed by atoms with van der Waals surface area (Å²) in [6.07, 6.45) is 0.884. The average Bonchev–Trinajstić information content (AvgIpc) is 2.46. The summed E-state index contributed by atoms with van der Waals surface area (Å²) in [6, 6.07) is 12.6. The molecule has 0 heterocycles. The van der Waals surface area contributed by atoms with E-state index in [-0.39, 0.29) is 5.82 Å². The summed E-state index contributed by atoms with van der Waals surface area (Å²) in [5.74, 6) is 0.288. The molecule has 0 aliphatic carbocycles. The van der Waals surface area contributed by atoms with Crippen LogP contribution < -0.4 is 10.1 Å². The molecule has 0 amide bonds. The number of rotatable bonds is 6. The second-order valence-corrected chi connectivity index (χ2v) is 4.95. The van der Waals surface area contributed by atoms with Gasteiger partial charge in [-0.3, -0.25) is 0 Å². The first-order chi connectivity index (χ1) is 9.69. The van der Waals surface area contributed by atoms with Crippen LogP contribution in [0.15, 0.2) is 42.5 Å². The summed E-state index contributed by atoms with van der Waals surface area (Å²) in [7, 11) is 1.53. The molecular formula is C16H17ClFNO. The number of ether oxygens (including phenoxy) is 1. The Morgan fingerprint density at radius 1 is 1.15 bits per heavy atom. The van der Waals surface area contributed by atoms with Crippen LogP contribution in [0.2, 0.25) is 5.02 Å². The minimum absolute atomic E-state index is 0.247. The van der Waals surface area contributed by atoms with Crippen molar-refractivity contribution in [3.63, 3.8) is 0 Å². The van der Waals surface area contributed by atoms with Crippen LogP contribution in [0, 0.1) is 5.82 Å². The maximum atomic E-state index is 13.7. The van der Waals surface area contributed by atoms with E-state index in [2.05, 4.69) is 5.32 Å². The van der Waals surface area contributed by atoms with E-state index in [1.54, 1.807) is 12.1 Å². The molecule has 0 fully saturated rings. The maximum Gasteiger partial charge on any atom is 0.131 e. The molecule has 0 spiro atoms. The molecule has 2 nitrogen and oxygen atoms in total. The SMILES string of the molecule is COc1ccc(CNCCc2ccc(Cl)cc2)c(F)c1. The van der Waals surface area contributed by atoms with Crippen molar-refractivity contribution in [3.8, 4) is 5.75 Å². The van der Waals surface area contributed by atoms with Gasteiger partial charge in [-0.25, -0.2) is 4.39 Å². The fourth-order valence-electron chi connectivity index (χ4n) is 1.91. The predicted molar refractivity (Wildman–Crippen MR) is 79.8 cm³/mol. The van der Waals surface area contributed by atoms with E-state index in [0.29, 0.717) is 17.9 Å². The molecule has 0 atom stereocenters. The molecule has 0 unspecified atom stereocenters. The zero-order valence-electron chi connectivity index (χ0n) is 11.3. The van der Waals surface area contributed by atoms with Crippen molar-refractivity contribution >= 4 is 11.6 Å². The van der Waals surface area contributed by atoms with E-state index in [9.17, 15) is 4.39 Å². The van der Waals surface area contributed by atoms with Crippen molar-refractivity contribution in [1.29, 1.82) is 0 Å². The lowest BCUT2D eigenvalue weighted by molar-refractivity contribution is 0.410. The van der Waals surface area contributed by atoms with E-state index in [0.717, 1.165) is 18.0 Å². The largest absolute Gasteiger partial charge is 0.497 e.